The van der Waals surface area contributed by atoms with Crippen LogP contribution < -0.4 is 5.69 Å². The van der Waals surface area contributed by atoms with Gasteiger partial charge in [-0.25, -0.2) is 14.6 Å². The van der Waals surface area contributed by atoms with Crippen LogP contribution in [0.15, 0.2) is 23.1 Å². The Morgan fingerprint density at radius 3 is 2.65 bits per heavy atom. The maximum Gasteiger partial charge on any atom is 0.377 e. The fraction of sp³-hybridized carbons (Fsp3) is 0.364. The number of tetrazole rings is 1. The molecule has 20 heavy (non-hydrogen) atoms. The number of aromatic nitrogens is 5. The number of hydrogen-bond donors (Lipinski definition) is 0. The third-order valence-corrected chi connectivity index (χ3v) is 3.06. The predicted octanol–water partition coefficient (Wildman–Crippen LogP) is 0.787. The fourth-order valence-corrected chi connectivity index (χ4v) is 1.88. The molecule has 2 aromatic heterocycles. The lowest BCUT2D eigenvalue weighted by atomic mass is 10.4. The minimum absolute atomic E-state index is 0.108. The summed E-state index contributed by atoms with van der Waals surface area (Å²) in [4.78, 5) is 29.6. The summed E-state index contributed by atoms with van der Waals surface area (Å²) in [5, 5.41) is 7.36. The zero-order valence-corrected chi connectivity index (χ0v) is 11.8. The number of carbonyl (C=O) groups excluding carboxylic acids is 1. The van der Waals surface area contributed by atoms with Gasteiger partial charge in [0.2, 0.25) is 0 Å². The van der Waals surface area contributed by atoms with Crippen LogP contribution in [0.5, 0.6) is 0 Å². The van der Waals surface area contributed by atoms with E-state index in [-0.39, 0.29) is 10.8 Å². The first-order valence-electron chi connectivity index (χ1n) is 6.05. The van der Waals surface area contributed by atoms with Crippen LogP contribution in [0.4, 0.5) is 4.79 Å². The van der Waals surface area contributed by atoms with Crippen LogP contribution in [0, 0.1) is 0 Å². The highest BCUT2D eigenvalue weighted by Crippen LogP contribution is 2.13. The Hall–Kier alpha value is -2.22. The normalized spacial score (nSPS) is 10.6. The van der Waals surface area contributed by atoms with Crippen molar-refractivity contribution in [3.05, 3.63) is 34.0 Å². The first kappa shape index (κ1) is 14.2. The first-order chi connectivity index (χ1) is 9.60. The molecule has 8 nitrogen and oxygen atoms in total. The van der Waals surface area contributed by atoms with Gasteiger partial charge in [0.25, 0.3) is 0 Å². The molecule has 0 aliphatic carbocycles. The number of halogens is 1. The van der Waals surface area contributed by atoms with E-state index in [1.54, 1.807) is 12.1 Å². The van der Waals surface area contributed by atoms with Gasteiger partial charge in [0.15, 0.2) is 5.15 Å². The Balaban J connectivity index is 2.45. The smallest absolute Gasteiger partial charge is 0.323 e. The minimum atomic E-state index is -0.684. The molecule has 0 aliphatic rings. The second kappa shape index (κ2) is 5.83. The predicted molar refractivity (Wildman–Crippen MR) is 72.1 cm³/mol. The molecule has 0 N–H and O–H groups in total. The Bertz CT molecular complexity index is 676. The molecule has 0 aliphatic heterocycles. The van der Waals surface area contributed by atoms with Gasteiger partial charge in [-0.2, -0.15) is 4.68 Å². The molecule has 0 radical (unpaired) electrons. The average molecular weight is 297 g/mol. The SMILES string of the molecule is CCN(CC)C(=O)n1nnn(-c2cccnc2Cl)c1=O. The van der Waals surface area contributed by atoms with Crippen LogP contribution in [0.25, 0.3) is 5.69 Å². The maximum absolute atomic E-state index is 12.2. The zero-order valence-electron chi connectivity index (χ0n) is 11.0. The Morgan fingerprint density at radius 2 is 2.05 bits per heavy atom. The van der Waals surface area contributed by atoms with Crippen molar-refractivity contribution in [1.29, 1.82) is 0 Å². The van der Waals surface area contributed by atoms with Gasteiger partial charge in [0.1, 0.15) is 5.69 Å². The number of carbonyl (C=O) groups is 1. The molecular weight excluding hydrogens is 284 g/mol. The van der Waals surface area contributed by atoms with Crippen molar-refractivity contribution >= 4 is 17.6 Å². The summed E-state index contributed by atoms with van der Waals surface area (Å²) in [6.45, 7) is 4.58. The standard InChI is InChI=1S/C11H13ClN6O2/c1-3-16(4-2)10(19)18-11(20)17(14-15-18)8-6-5-7-13-9(8)12/h5-7H,3-4H2,1-2H3. The van der Waals surface area contributed by atoms with Gasteiger partial charge >= 0.3 is 11.7 Å². The molecule has 9 heteroatoms. The van der Waals surface area contributed by atoms with E-state index in [0.29, 0.717) is 17.8 Å². The lowest BCUT2D eigenvalue weighted by Crippen LogP contribution is -2.40. The van der Waals surface area contributed by atoms with Gasteiger partial charge in [0, 0.05) is 19.3 Å². The van der Waals surface area contributed by atoms with Crippen molar-refractivity contribution in [3.63, 3.8) is 0 Å². The van der Waals surface area contributed by atoms with Gasteiger partial charge in [-0.05, 0) is 36.4 Å². The summed E-state index contributed by atoms with van der Waals surface area (Å²) < 4.78 is 1.65. The van der Waals surface area contributed by atoms with Gasteiger partial charge in [-0.15, -0.1) is 4.68 Å². The number of hydrogen-bond acceptors (Lipinski definition) is 5. The van der Waals surface area contributed by atoms with Gasteiger partial charge in [-0.3, -0.25) is 0 Å². The van der Waals surface area contributed by atoms with Gasteiger partial charge in [0.05, 0.1) is 0 Å². The number of amides is 1. The molecule has 0 saturated heterocycles. The summed E-state index contributed by atoms with van der Waals surface area (Å²) >= 11 is 5.89. The third-order valence-electron chi connectivity index (χ3n) is 2.76. The number of pyridine rings is 1. The lowest BCUT2D eigenvalue weighted by molar-refractivity contribution is 0.200. The summed E-state index contributed by atoms with van der Waals surface area (Å²) in [5.41, 5.74) is -0.408. The van der Waals surface area contributed by atoms with Gasteiger partial charge in [-0.1, -0.05) is 11.6 Å². The Morgan fingerprint density at radius 1 is 1.35 bits per heavy atom. The molecular formula is C11H13ClN6O2. The van der Waals surface area contributed by atoms with Crippen LogP contribution in [0.2, 0.25) is 5.15 Å². The fourth-order valence-electron chi connectivity index (χ4n) is 1.68. The van der Waals surface area contributed by atoms with E-state index in [1.165, 1.54) is 11.1 Å². The molecule has 0 saturated carbocycles. The average Bonchev–Trinajstić information content (AvgIpc) is 2.82. The molecule has 106 valence electrons. The molecule has 0 unspecified atom stereocenters. The Kier molecular flexibility index (Phi) is 4.14. The van der Waals surface area contributed by atoms with Crippen molar-refractivity contribution in [2.75, 3.05) is 13.1 Å². The lowest BCUT2D eigenvalue weighted by Gasteiger charge is -2.16. The van der Waals surface area contributed by atoms with E-state index in [4.69, 9.17) is 11.6 Å². The first-order valence-corrected chi connectivity index (χ1v) is 6.43. The molecule has 0 aromatic carbocycles. The summed E-state index contributed by atoms with van der Waals surface area (Å²) in [5.74, 6) is 0. The topological polar surface area (TPSA) is 85.9 Å². The second-order valence-corrected chi connectivity index (χ2v) is 4.21. The molecule has 1 amide bonds. The van der Waals surface area contributed by atoms with E-state index in [9.17, 15) is 9.59 Å². The molecule has 0 bridgehead atoms. The van der Waals surface area contributed by atoms with Crippen LogP contribution in [0.3, 0.4) is 0 Å². The second-order valence-electron chi connectivity index (χ2n) is 3.85. The summed E-state index contributed by atoms with van der Waals surface area (Å²) in [6, 6.07) is 2.66. The molecule has 2 heterocycles. The summed E-state index contributed by atoms with van der Waals surface area (Å²) in [7, 11) is 0. The largest absolute Gasteiger partial charge is 0.377 e. The highest BCUT2D eigenvalue weighted by Gasteiger charge is 2.20. The molecule has 2 aromatic rings. The molecule has 2 rings (SSSR count). The molecule has 0 fully saturated rings. The van der Waals surface area contributed by atoms with Crippen LogP contribution in [-0.4, -0.2) is 48.8 Å². The number of nitrogens with zero attached hydrogens (tertiary/aromatic N) is 6. The van der Waals surface area contributed by atoms with Crippen LogP contribution >= 0.6 is 11.6 Å². The highest BCUT2D eigenvalue weighted by atomic mass is 35.5. The van der Waals surface area contributed by atoms with E-state index < -0.39 is 11.7 Å². The van der Waals surface area contributed by atoms with Gasteiger partial charge < -0.3 is 4.90 Å². The summed E-state index contributed by atoms with van der Waals surface area (Å²) in [6.07, 6.45) is 1.49. The third kappa shape index (κ3) is 2.42. The van der Waals surface area contributed by atoms with Crippen LogP contribution in [0.1, 0.15) is 13.8 Å². The van der Waals surface area contributed by atoms with Crippen molar-refractivity contribution < 1.29 is 4.79 Å². The minimum Gasteiger partial charge on any atom is -0.323 e. The van der Waals surface area contributed by atoms with E-state index in [2.05, 4.69) is 15.4 Å². The molecule has 0 atom stereocenters. The highest BCUT2D eigenvalue weighted by molar-refractivity contribution is 6.31. The van der Waals surface area contributed by atoms with Crippen molar-refractivity contribution in [2.45, 2.75) is 13.8 Å². The number of rotatable bonds is 3. The quantitative estimate of drug-likeness (QED) is 0.617. The zero-order chi connectivity index (χ0) is 14.7. The maximum atomic E-state index is 12.2. The Labute approximate surface area is 119 Å². The molecule has 0 spiro atoms. The monoisotopic (exact) mass is 296 g/mol. The van der Waals surface area contributed by atoms with Crippen molar-refractivity contribution in [3.8, 4) is 5.69 Å². The van der Waals surface area contributed by atoms with E-state index in [0.717, 1.165) is 4.68 Å². The van der Waals surface area contributed by atoms with E-state index in [1.807, 2.05) is 13.8 Å². The van der Waals surface area contributed by atoms with Crippen LogP contribution in [-0.2, 0) is 0 Å². The van der Waals surface area contributed by atoms with Crippen molar-refractivity contribution in [2.24, 2.45) is 0 Å². The van der Waals surface area contributed by atoms with Crippen molar-refractivity contribution in [1.82, 2.24) is 29.7 Å². The van der Waals surface area contributed by atoms with E-state index >= 15 is 0 Å².